The minimum Gasteiger partial charge on any atom is -0.469 e. The predicted octanol–water partition coefficient (Wildman–Crippen LogP) is 2.48. The maximum atomic E-state index is 12.4. The number of fused-ring (bicyclic) bond motifs is 1. The molecule has 1 aliphatic rings. The summed E-state index contributed by atoms with van der Waals surface area (Å²) in [7, 11) is 2.10. The molecule has 0 aromatic carbocycles. The summed E-state index contributed by atoms with van der Waals surface area (Å²) < 4.78 is 5.30. The van der Waals surface area contributed by atoms with Gasteiger partial charge in [-0.2, -0.15) is 4.98 Å². The predicted molar refractivity (Wildman–Crippen MR) is 94.8 cm³/mol. The number of anilines is 1. The van der Waals surface area contributed by atoms with E-state index in [1.54, 1.807) is 17.6 Å². The fourth-order valence-corrected chi connectivity index (χ4v) is 4.07. The molecule has 3 aromatic heterocycles. The number of hydrogen-bond donors (Lipinski definition) is 2. The molecule has 0 atom stereocenters. The Bertz CT molecular complexity index is 868. The van der Waals surface area contributed by atoms with Gasteiger partial charge in [0.05, 0.1) is 11.1 Å². The first-order valence-corrected chi connectivity index (χ1v) is 9.04. The number of furan rings is 1. The normalized spacial score (nSPS) is 14.4. The Morgan fingerprint density at radius 1 is 1.48 bits per heavy atom. The van der Waals surface area contributed by atoms with Crippen LogP contribution in [0.5, 0.6) is 0 Å². The molecule has 0 saturated carbocycles. The third-order valence-corrected chi connectivity index (χ3v) is 5.40. The number of hydrogen-bond acceptors (Lipinski definition) is 6. The molecule has 0 bridgehead atoms. The number of thiophene rings is 1. The van der Waals surface area contributed by atoms with Crippen LogP contribution in [-0.4, -0.2) is 39.6 Å². The molecule has 4 heterocycles. The molecule has 0 aliphatic carbocycles. The van der Waals surface area contributed by atoms with E-state index in [-0.39, 0.29) is 5.91 Å². The van der Waals surface area contributed by atoms with E-state index in [0.29, 0.717) is 17.2 Å². The highest BCUT2D eigenvalue weighted by Crippen LogP contribution is 2.28. The van der Waals surface area contributed by atoms with Crippen molar-refractivity contribution in [3.05, 3.63) is 51.4 Å². The molecule has 7 nitrogen and oxygen atoms in total. The first-order valence-electron chi connectivity index (χ1n) is 8.22. The van der Waals surface area contributed by atoms with Crippen molar-refractivity contribution in [1.82, 2.24) is 20.1 Å². The number of rotatable bonds is 5. The second kappa shape index (κ2) is 6.81. The number of nitrogens with zero attached hydrogens (tertiary/aromatic N) is 3. The van der Waals surface area contributed by atoms with E-state index in [0.717, 1.165) is 37.5 Å². The van der Waals surface area contributed by atoms with E-state index in [2.05, 4.69) is 32.4 Å². The van der Waals surface area contributed by atoms with Gasteiger partial charge in [0.2, 0.25) is 5.95 Å². The first kappa shape index (κ1) is 16.0. The summed E-state index contributed by atoms with van der Waals surface area (Å²) in [5, 5.41) is 9.71. The van der Waals surface area contributed by atoms with Crippen LogP contribution < -0.4 is 5.32 Å². The molecule has 8 heteroatoms. The van der Waals surface area contributed by atoms with Crippen molar-refractivity contribution in [2.75, 3.05) is 18.9 Å². The average Bonchev–Trinajstić information content (AvgIpc) is 3.33. The number of likely N-dealkylation sites (N-methyl/N-ethyl adjacent to an activating group) is 1. The van der Waals surface area contributed by atoms with Crippen molar-refractivity contribution < 1.29 is 9.21 Å². The summed E-state index contributed by atoms with van der Waals surface area (Å²) in [6, 6.07) is 5.78. The SMILES string of the molecule is CN1CCc2cc(C(=O)Nc3n[nH]c(CCc4ccco4)n3)sc2C1. The third-order valence-electron chi connectivity index (χ3n) is 4.24. The van der Waals surface area contributed by atoms with E-state index in [1.807, 2.05) is 18.2 Å². The fourth-order valence-electron chi connectivity index (χ4n) is 2.88. The summed E-state index contributed by atoms with van der Waals surface area (Å²) >= 11 is 1.55. The van der Waals surface area contributed by atoms with Crippen LogP contribution in [-0.2, 0) is 25.8 Å². The van der Waals surface area contributed by atoms with Crippen LogP contribution in [0.3, 0.4) is 0 Å². The topological polar surface area (TPSA) is 87.0 Å². The van der Waals surface area contributed by atoms with Crippen LogP contribution in [0.25, 0.3) is 0 Å². The van der Waals surface area contributed by atoms with Crippen LogP contribution in [0, 0.1) is 0 Å². The highest BCUT2D eigenvalue weighted by atomic mass is 32.1. The van der Waals surface area contributed by atoms with E-state index in [9.17, 15) is 4.79 Å². The van der Waals surface area contributed by atoms with Gasteiger partial charge in [-0.1, -0.05) is 0 Å². The van der Waals surface area contributed by atoms with Crippen molar-refractivity contribution in [2.45, 2.75) is 25.8 Å². The quantitative estimate of drug-likeness (QED) is 0.732. The summed E-state index contributed by atoms with van der Waals surface area (Å²) in [5.41, 5.74) is 1.28. The maximum absolute atomic E-state index is 12.4. The average molecular weight is 357 g/mol. The lowest BCUT2D eigenvalue weighted by molar-refractivity contribution is 0.102. The molecule has 0 spiro atoms. The molecule has 130 valence electrons. The minimum atomic E-state index is -0.154. The lowest BCUT2D eigenvalue weighted by Gasteiger charge is -2.21. The van der Waals surface area contributed by atoms with E-state index >= 15 is 0 Å². The standard InChI is InChI=1S/C17H19N5O2S/c1-22-7-6-11-9-13(25-14(11)10-22)16(23)19-17-18-15(20-21-17)5-4-12-3-2-8-24-12/h2-3,8-9H,4-7,10H2,1H3,(H2,18,19,20,21,23). The molecule has 1 amide bonds. The van der Waals surface area contributed by atoms with Gasteiger partial charge in [0.1, 0.15) is 11.6 Å². The molecular weight excluding hydrogens is 338 g/mol. The van der Waals surface area contributed by atoms with Gasteiger partial charge in [0, 0.05) is 30.8 Å². The van der Waals surface area contributed by atoms with Crippen LogP contribution in [0.4, 0.5) is 5.95 Å². The lowest BCUT2D eigenvalue weighted by Crippen LogP contribution is -2.24. The van der Waals surface area contributed by atoms with Crippen LogP contribution >= 0.6 is 11.3 Å². The zero-order valence-corrected chi connectivity index (χ0v) is 14.7. The van der Waals surface area contributed by atoms with Crippen molar-refractivity contribution in [1.29, 1.82) is 0 Å². The zero-order chi connectivity index (χ0) is 17.2. The molecular formula is C17H19N5O2S. The van der Waals surface area contributed by atoms with Crippen LogP contribution in [0.1, 0.15) is 31.7 Å². The fraction of sp³-hybridized carbons (Fsp3) is 0.353. The largest absolute Gasteiger partial charge is 0.469 e. The van der Waals surface area contributed by atoms with Crippen molar-refractivity contribution in [2.24, 2.45) is 0 Å². The summed E-state index contributed by atoms with van der Waals surface area (Å²) in [6.07, 6.45) is 4.06. The number of aryl methyl sites for hydroxylation is 2. The van der Waals surface area contributed by atoms with Gasteiger partial charge < -0.3 is 9.32 Å². The number of aromatic amines is 1. The van der Waals surface area contributed by atoms with Crippen LogP contribution in [0.15, 0.2) is 28.9 Å². The van der Waals surface area contributed by atoms with Gasteiger partial charge in [0.15, 0.2) is 0 Å². The number of carbonyl (C=O) groups excluding carboxylic acids is 1. The monoisotopic (exact) mass is 357 g/mol. The number of nitrogens with one attached hydrogen (secondary N) is 2. The second-order valence-corrected chi connectivity index (χ2v) is 7.32. The van der Waals surface area contributed by atoms with Gasteiger partial charge in [0.25, 0.3) is 5.91 Å². The van der Waals surface area contributed by atoms with Crippen molar-refractivity contribution in [3.8, 4) is 0 Å². The van der Waals surface area contributed by atoms with E-state index < -0.39 is 0 Å². The Labute approximate surface area is 149 Å². The molecule has 1 aliphatic heterocycles. The van der Waals surface area contributed by atoms with Crippen molar-refractivity contribution in [3.63, 3.8) is 0 Å². The number of amides is 1. The second-order valence-electron chi connectivity index (χ2n) is 6.19. The first-order chi connectivity index (χ1) is 12.2. The Morgan fingerprint density at radius 2 is 2.40 bits per heavy atom. The molecule has 0 saturated heterocycles. The molecule has 2 N–H and O–H groups in total. The van der Waals surface area contributed by atoms with Gasteiger partial charge in [-0.3, -0.25) is 15.2 Å². The number of H-pyrrole nitrogens is 1. The third kappa shape index (κ3) is 3.64. The summed E-state index contributed by atoms with van der Waals surface area (Å²) in [5.74, 6) is 1.77. The Morgan fingerprint density at radius 3 is 3.24 bits per heavy atom. The summed E-state index contributed by atoms with van der Waals surface area (Å²) in [4.78, 5) is 21.0. The Hall–Kier alpha value is -2.45. The molecule has 0 unspecified atom stereocenters. The molecule has 4 rings (SSSR count). The van der Waals surface area contributed by atoms with Gasteiger partial charge in [-0.25, -0.2) is 0 Å². The van der Waals surface area contributed by atoms with E-state index in [1.165, 1.54) is 10.4 Å². The van der Waals surface area contributed by atoms with Gasteiger partial charge in [-0.05, 0) is 37.2 Å². The molecule has 0 fully saturated rings. The molecule has 3 aromatic rings. The lowest BCUT2D eigenvalue weighted by atomic mass is 10.1. The van der Waals surface area contributed by atoms with Crippen molar-refractivity contribution >= 4 is 23.2 Å². The minimum absolute atomic E-state index is 0.154. The molecule has 0 radical (unpaired) electrons. The Kier molecular flexibility index (Phi) is 4.37. The van der Waals surface area contributed by atoms with E-state index in [4.69, 9.17) is 4.42 Å². The van der Waals surface area contributed by atoms with Crippen LogP contribution in [0.2, 0.25) is 0 Å². The highest BCUT2D eigenvalue weighted by Gasteiger charge is 2.20. The smallest absolute Gasteiger partial charge is 0.268 e. The van der Waals surface area contributed by atoms with Gasteiger partial charge >= 0.3 is 0 Å². The molecule has 25 heavy (non-hydrogen) atoms. The Balaban J connectivity index is 1.38. The number of carbonyl (C=O) groups is 1. The maximum Gasteiger partial charge on any atom is 0.268 e. The van der Waals surface area contributed by atoms with Gasteiger partial charge in [-0.15, -0.1) is 16.4 Å². The number of aromatic nitrogens is 3. The highest BCUT2D eigenvalue weighted by molar-refractivity contribution is 7.14. The zero-order valence-electron chi connectivity index (χ0n) is 13.9. The summed E-state index contributed by atoms with van der Waals surface area (Å²) in [6.45, 7) is 1.94.